The van der Waals surface area contributed by atoms with Gasteiger partial charge in [-0.3, -0.25) is 20.2 Å². The number of aromatic nitrogens is 1. The van der Waals surface area contributed by atoms with Crippen LogP contribution >= 0.6 is 22.7 Å². The highest BCUT2D eigenvalue weighted by Gasteiger charge is 2.10. The molecule has 25 heavy (non-hydrogen) atoms. The number of nitro groups is 1. The Morgan fingerprint density at radius 2 is 2.08 bits per heavy atom. The van der Waals surface area contributed by atoms with Gasteiger partial charge in [0.25, 0.3) is 0 Å². The van der Waals surface area contributed by atoms with E-state index in [1.165, 1.54) is 29.0 Å². The molecule has 0 aliphatic carbocycles. The zero-order chi connectivity index (χ0) is 18.0. The van der Waals surface area contributed by atoms with Crippen LogP contribution in [0.15, 0.2) is 36.4 Å². The Morgan fingerprint density at radius 1 is 1.28 bits per heavy atom. The molecule has 0 radical (unpaired) electrons. The molecule has 6 nitrogen and oxygen atoms in total. The number of anilines is 1. The Bertz CT molecular complexity index is 973. The third-order valence-corrected chi connectivity index (χ3v) is 5.44. The summed E-state index contributed by atoms with van der Waals surface area (Å²) in [6, 6.07) is 9.12. The number of thiophene rings is 1. The van der Waals surface area contributed by atoms with Gasteiger partial charge in [0, 0.05) is 17.0 Å². The number of benzene rings is 1. The molecule has 2 heterocycles. The van der Waals surface area contributed by atoms with Crippen molar-refractivity contribution in [3.8, 4) is 0 Å². The molecule has 1 N–H and O–H groups in total. The average Bonchev–Trinajstić information content (AvgIpc) is 3.18. The Labute approximate surface area is 152 Å². The van der Waals surface area contributed by atoms with Gasteiger partial charge in [-0.05, 0) is 35.8 Å². The summed E-state index contributed by atoms with van der Waals surface area (Å²) in [6.45, 7) is 4.26. The monoisotopic (exact) mass is 373 g/mol. The van der Waals surface area contributed by atoms with Crippen LogP contribution in [0.4, 0.5) is 10.1 Å². The first kappa shape index (κ1) is 17.2. The molecule has 1 amide bonds. The smallest absolute Gasteiger partial charge is 0.298 e. The number of hydrogen-bond donors (Lipinski definition) is 1. The third-order valence-electron chi connectivity index (χ3n) is 3.50. The lowest BCUT2D eigenvalue weighted by molar-refractivity contribution is -0.380. The minimum absolute atomic E-state index is 0.0483. The predicted molar refractivity (Wildman–Crippen MR) is 102 cm³/mol. The van der Waals surface area contributed by atoms with Crippen LogP contribution in [-0.4, -0.2) is 15.8 Å². The molecule has 0 aliphatic heterocycles. The van der Waals surface area contributed by atoms with E-state index in [1.807, 2.05) is 12.1 Å². The van der Waals surface area contributed by atoms with Gasteiger partial charge in [0.15, 0.2) is 5.13 Å². The van der Waals surface area contributed by atoms with Crippen LogP contribution in [0.2, 0.25) is 0 Å². The molecule has 3 rings (SSSR count). The van der Waals surface area contributed by atoms with Gasteiger partial charge in [0.2, 0.25) is 5.91 Å². The van der Waals surface area contributed by atoms with Gasteiger partial charge in [-0.1, -0.05) is 42.6 Å². The Hall–Kier alpha value is -2.58. The largest absolute Gasteiger partial charge is 0.324 e. The van der Waals surface area contributed by atoms with Crippen LogP contribution in [0.3, 0.4) is 0 Å². The predicted octanol–water partition coefficient (Wildman–Crippen LogP) is 5.04. The lowest BCUT2D eigenvalue weighted by Gasteiger charge is -2.03. The van der Waals surface area contributed by atoms with Gasteiger partial charge in [-0.25, -0.2) is 4.98 Å². The first-order valence-corrected chi connectivity index (χ1v) is 9.19. The van der Waals surface area contributed by atoms with Crippen molar-refractivity contribution >= 4 is 55.0 Å². The van der Waals surface area contributed by atoms with E-state index in [4.69, 9.17) is 0 Å². The molecule has 0 saturated heterocycles. The Kier molecular flexibility index (Phi) is 4.91. The van der Waals surface area contributed by atoms with E-state index in [2.05, 4.69) is 30.2 Å². The normalized spacial score (nSPS) is 11.5. The summed E-state index contributed by atoms with van der Waals surface area (Å²) in [4.78, 5) is 27.3. The molecule has 8 heteroatoms. The number of rotatable bonds is 5. The first-order chi connectivity index (χ1) is 11.9. The number of fused-ring (bicyclic) bond motifs is 1. The second kappa shape index (κ2) is 7.12. The van der Waals surface area contributed by atoms with Crippen molar-refractivity contribution in [3.63, 3.8) is 0 Å². The Balaban J connectivity index is 1.70. The van der Waals surface area contributed by atoms with E-state index in [0.717, 1.165) is 21.6 Å². The third kappa shape index (κ3) is 4.09. The number of amides is 1. The lowest BCUT2D eigenvalue weighted by atomic mass is 10.0. The van der Waals surface area contributed by atoms with Crippen LogP contribution in [0, 0.1) is 10.1 Å². The molecule has 0 atom stereocenters. The van der Waals surface area contributed by atoms with Crippen molar-refractivity contribution in [3.05, 3.63) is 57.0 Å². The van der Waals surface area contributed by atoms with Crippen LogP contribution < -0.4 is 5.32 Å². The van der Waals surface area contributed by atoms with Gasteiger partial charge in [0.05, 0.1) is 15.1 Å². The van der Waals surface area contributed by atoms with E-state index in [0.29, 0.717) is 15.9 Å². The summed E-state index contributed by atoms with van der Waals surface area (Å²) < 4.78 is 1.03. The molecule has 0 fully saturated rings. The number of carbonyl (C=O) groups excluding carboxylic acids is 1. The summed E-state index contributed by atoms with van der Waals surface area (Å²) in [5, 5.41) is 14.0. The van der Waals surface area contributed by atoms with Crippen LogP contribution in [0.25, 0.3) is 16.3 Å². The average molecular weight is 373 g/mol. The van der Waals surface area contributed by atoms with Gasteiger partial charge >= 0.3 is 5.00 Å². The van der Waals surface area contributed by atoms with Gasteiger partial charge in [-0.15, -0.1) is 0 Å². The summed E-state index contributed by atoms with van der Waals surface area (Å²) in [7, 11) is 0. The second-order valence-electron chi connectivity index (χ2n) is 5.66. The fourth-order valence-corrected chi connectivity index (χ4v) is 3.83. The number of nitrogens with zero attached hydrogens (tertiary/aromatic N) is 2. The molecule has 2 aromatic heterocycles. The van der Waals surface area contributed by atoms with Crippen molar-refractivity contribution in [1.29, 1.82) is 0 Å². The van der Waals surface area contributed by atoms with Crippen LogP contribution in [-0.2, 0) is 4.79 Å². The summed E-state index contributed by atoms with van der Waals surface area (Å²) in [6.07, 6.45) is 2.90. The first-order valence-electron chi connectivity index (χ1n) is 7.56. The van der Waals surface area contributed by atoms with Crippen molar-refractivity contribution in [2.24, 2.45) is 0 Å². The van der Waals surface area contributed by atoms with E-state index in [9.17, 15) is 14.9 Å². The lowest BCUT2D eigenvalue weighted by Crippen LogP contribution is -2.06. The van der Waals surface area contributed by atoms with Crippen molar-refractivity contribution in [2.45, 2.75) is 19.8 Å². The quantitative estimate of drug-likeness (QED) is 0.386. The minimum atomic E-state index is -0.450. The van der Waals surface area contributed by atoms with Gasteiger partial charge < -0.3 is 0 Å². The zero-order valence-corrected chi connectivity index (χ0v) is 15.2. The fourth-order valence-electron chi connectivity index (χ4n) is 2.19. The van der Waals surface area contributed by atoms with Gasteiger partial charge in [-0.2, -0.15) is 0 Å². The summed E-state index contributed by atoms with van der Waals surface area (Å²) in [5.41, 5.74) is 2.08. The Morgan fingerprint density at radius 3 is 2.76 bits per heavy atom. The van der Waals surface area contributed by atoms with E-state index in [1.54, 1.807) is 12.1 Å². The molecule has 3 aromatic rings. The maximum atomic E-state index is 12.0. The van der Waals surface area contributed by atoms with Crippen molar-refractivity contribution < 1.29 is 9.72 Å². The number of nitrogens with one attached hydrogen (secondary N) is 1. The molecular formula is C17H15N3O3S2. The molecular weight excluding hydrogens is 358 g/mol. The second-order valence-corrected chi connectivity index (χ2v) is 7.78. The molecule has 1 aromatic carbocycles. The highest BCUT2D eigenvalue weighted by molar-refractivity contribution is 7.22. The number of thiazole rings is 1. The summed E-state index contributed by atoms with van der Waals surface area (Å²) >= 11 is 2.44. The molecule has 0 saturated carbocycles. The fraction of sp³-hybridized carbons (Fsp3) is 0.176. The van der Waals surface area contributed by atoms with E-state index < -0.39 is 4.92 Å². The van der Waals surface area contributed by atoms with Crippen molar-refractivity contribution in [2.75, 3.05) is 5.32 Å². The van der Waals surface area contributed by atoms with E-state index in [-0.39, 0.29) is 10.9 Å². The molecule has 128 valence electrons. The molecule has 0 aliphatic rings. The van der Waals surface area contributed by atoms with Crippen LogP contribution in [0.5, 0.6) is 0 Å². The molecule has 0 unspecified atom stereocenters. The van der Waals surface area contributed by atoms with Gasteiger partial charge in [0.1, 0.15) is 0 Å². The topological polar surface area (TPSA) is 85.1 Å². The number of hydrogen-bond acceptors (Lipinski definition) is 6. The maximum Gasteiger partial charge on any atom is 0.324 e. The van der Waals surface area contributed by atoms with Crippen molar-refractivity contribution in [1.82, 2.24) is 4.98 Å². The highest BCUT2D eigenvalue weighted by Crippen LogP contribution is 2.29. The SMILES string of the molecule is CC(C)c1ccc2nc(NC(=O)/C=C/c3ccc([N+](=O)[O-])s3)sc2c1. The highest BCUT2D eigenvalue weighted by atomic mass is 32.1. The molecule has 0 bridgehead atoms. The summed E-state index contributed by atoms with van der Waals surface area (Å²) in [5.74, 6) is 0.113. The number of carbonyl (C=O) groups is 1. The van der Waals surface area contributed by atoms with Crippen LogP contribution in [0.1, 0.15) is 30.2 Å². The van der Waals surface area contributed by atoms with E-state index >= 15 is 0 Å². The zero-order valence-electron chi connectivity index (χ0n) is 13.6. The maximum absolute atomic E-state index is 12.0. The minimum Gasteiger partial charge on any atom is -0.298 e. The standard InChI is InChI=1S/C17H15N3O3S2/c1-10(2)11-3-6-13-14(9-11)25-17(18-13)19-15(21)7-4-12-5-8-16(24-12)20(22)23/h3-10H,1-2H3,(H,18,19,21)/b7-4+. The molecule has 0 spiro atoms.